The van der Waals surface area contributed by atoms with Crippen molar-refractivity contribution < 1.29 is 4.79 Å². The predicted molar refractivity (Wildman–Crippen MR) is 84.2 cm³/mol. The van der Waals surface area contributed by atoms with Crippen LogP contribution in [0.4, 0.5) is 11.4 Å². The van der Waals surface area contributed by atoms with Crippen molar-refractivity contribution in [3.05, 3.63) is 23.8 Å². The Hall–Kier alpha value is -1.55. The first-order valence-corrected chi connectivity index (χ1v) is 7.35. The molecule has 1 heterocycles. The zero-order valence-electron chi connectivity index (χ0n) is 12.6. The largest absolute Gasteiger partial charge is 0.398 e. The van der Waals surface area contributed by atoms with Crippen LogP contribution in [0.1, 0.15) is 37.6 Å². The average molecular weight is 275 g/mol. The molecule has 0 aromatic heterocycles. The zero-order valence-corrected chi connectivity index (χ0v) is 12.6. The van der Waals surface area contributed by atoms with Crippen LogP contribution in [0.5, 0.6) is 0 Å². The van der Waals surface area contributed by atoms with Crippen LogP contribution < -0.4 is 11.1 Å². The number of carbonyl (C=O) groups is 1. The molecule has 1 saturated heterocycles. The van der Waals surface area contributed by atoms with Gasteiger partial charge in [-0.05, 0) is 57.9 Å². The van der Waals surface area contributed by atoms with Crippen molar-refractivity contribution in [2.24, 2.45) is 5.92 Å². The molecule has 0 saturated carbocycles. The molecule has 1 unspecified atom stereocenters. The lowest BCUT2D eigenvalue weighted by molar-refractivity contribution is 0.101. The number of benzene rings is 1. The molecule has 1 fully saturated rings. The number of Topliss-reactive ketones (excluding diaryl/α,β-unsaturated/α-hetero) is 1. The van der Waals surface area contributed by atoms with Gasteiger partial charge in [0, 0.05) is 36.1 Å². The van der Waals surface area contributed by atoms with Crippen LogP contribution >= 0.6 is 0 Å². The Kier molecular flexibility index (Phi) is 4.65. The quantitative estimate of drug-likeness (QED) is 0.640. The van der Waals surface area contributed by atoms with Gasteiger partial charge in [-0.25, -0.2) is 0 Å². The molecule has 0 radical (unpaired) electrons. The van der Waals surface area contributed by atoms with E-state index in [0.717, 1.165) is 18.8 Å². The first kappa shape index (κ1) is 14.9. The van der Waals surface area contributed by atoms with Gasteiger partial charge in [-0.1, -0.05) is 0 Å². The Morgan fingerprint density at radius 3 is 2.80 bits per heavy atom. The monoisotopic (exact) mass is 275 g/mol. The minimum atomic E-state index is 0.0115. The summed E-state index contributed by atoms with van der Waals surface area (Å²) in [4.78, 5) is 13.9. The van der Waals surface area contributed by atoms with Gasteiger partial charge in [-0.2, -0.15) is 0 Å². The van der Waals surface area contributed by atoms with E-state index in [2.05, 4.69) is 24.1 Å². The maximum Gasteiger partial charge on any atom is 0.161 e. The fourth-order valence-electron chi connectivity index (χ4n) is 2.75. The third-order valence-corrected chi connectivity index (χ3v) is 4.07. The smallest absolute Gasteiger partial charge is 0.161 e. The van der Waals surface area contributed by atoms with Gasteiger partial charge >= 0.3 is 0 Å². The van der Waals surface area contributed by atoms with E-state index < -0.39 is 0 Å². The summed E-state index contributed by atoms with van der Waals surface area (Å²) in [5, 5.41) is 3.44. The van der Waals surface area contributed by atoms with Crippen LogP contribution in [0, 0.1) is 5.92 Å². The highest BCUT2D eigenvalue weighted by Crippen LogP contribution is 2.21. The van der Waals surface area contributed by atoms with Gasteiger partial charge < -0.3 is 16.0 Å². The first-order valence-electron chi connectivity index (χ1n) is 7.35. The topological polar surface area (TPSA) is 58.4 Å². The Labute approximate surface area is 121 Å². The number of nitrogens with zero attached hydrogens (tertiary/aromatic N) is 1. The van der Waals surface area contributed by atoms with Crippen molar-refractivity contribution in [1.29, 1.82) is 0 Å². The lowest BCUT2D eigenvalue weighted by Gasteiger charge is -2.20. The van der Waals surface area contributed by atoms with Crippen LogP contribution in [0.25, 0.3) is 0 Å². The van der Waals surface area contributed by atoms with Gasteiger partial charge in [0.15, 0.2) is 5.78 Å². The molecule has 1 aromatic carbocycles. The summed E-state index contributed by atoms with van der Waals surface area (Å²) in [6, 6.07) is 6.22. The molecule has 3 N–H and O–H groups in total. The predicted octanol–water partition coefficient (Wildman–Crippen LogP) is 2.61. The van der Waals surface area contributed by atoms with Gasteiger partial charge in [-0.15, -0.1) is 0 Å². The summed E-state index contributed by atoms with van der Waals surface area (Å²) in [6.45, 7) is 9.34. The highest BCUT2D eigenvalue weighted by Gasteiger charge is 2.23. The molecular weight excluding hydrogens is 250 g/mol. The Bertz CT molecular complexity index is 485. The molecule has 20 heavy (non-hydrogen) atoms. The molecule has 4 nitrogen and oxygen atoms in total. The number of hydrogen-bond acceptors (Lipinski definition) is 4. The molecule has 1 aliphatic heterocycles. The summed E-state index contributed by atoms with van der Waals surface area (Å²) >= 11 is 0. The van der Waals surface area contributed by atoms with E-state index in [-0.39, 0.29) is 5.78 Å². The number of hydrogen-bond donors (Lipinski definition) is 2. The Morgan fingerprint density at radius 1 is 1.50 bits per heavy atom. The van der Waals surface area contributed by atoms with Gasteiger partial charge in [-0.3, -0.25) is 4.79 Å². The number of carbonyl (C=O) groups excluding carboxylic acids is 1. The summed E-state index contributed by atoms with van der Waals surface area (Å²) in [5.41, 5.74) is 8.05. The van der Waals surface area contributed by atoms with Crippen LogP contribution in [0.3, 0.4) is 0 Å². The van der Waals surface area contributed by atoms with Crippen molar-refractivity contribution in [3.63, 3.8) is 0 Å². The van der Waals surface area contributed by atoms with Gasteiger partial charge in [0.25, 0.3) is 0 Å². The molecule has 0 spiro atoms. The van der Waals surface area contributed by atoms with E-state index in [1.807, 2.05) is 12.1 Å². The highest BCUT2D eigenvalue weighted by atomic mass is 16.1. The average Bonchev–Trinajstić information content (AvgIpc) is 2.85. The van der Waals surface area contributed by atoms with E-state index in [1.54, 1.807) is 6.07 Å². The molecule has 0 bridgehead atoms. The van der Waals surface area contributed by atoms with Crippen LogP contribution in [-0.2, 0) is 0 Å². The molecule has 0 amide bonds. The molecule has 1 atom stereocenters. The Morgan fingerprint density at radius 2 is 2.25 bits per heavy atom. The number of ketones is 1. The normalized spacial score (nSPS) is 19.5. The second-order valence-electron chi connectivity index (χ2n) is 5.98. The lowest BCUT2D eigenvalue weighted by atomic mass is 10.1. The summed E-state index contributed by atoms with van der Waals surface area (Å²) in [6.07, 6.45) is 1.24. The molecule has 1 aliphatic rings. The third-order valence-electron chi connectivity index (χ3n) is 4.07. The summed E-state index contributed by atoms with van der Waals surface area (Å²) in [7, 11) is 0. The number of nitrogen functional groups attached to an aromatic ring is 1. The number of nitrogens with one attached hydrogen (secondary N) is 1. The van der Waals surface area contributed by atoms with Crippen LogP contribution in [0.2, 0.25) is 0 Å². The van der Waals surface area contributed by atoms with Crippen molar-refractivity contribution in [2.75, 3.05) is 30.7 Å². The van der Waals surface area contributed by atoms with Crippen molar-refractivity contribution in [2.45, 2.75) is 33.2 Å². The molecular formula is C16H25N3O. The second kappa shape index (κ2) is 6.27. The van der Waals surface area contributed by atoms with E-state index in [9.17, 15) is 4.79 Å². The molecule has 2 rings (SSSR count). The standard InChI is InChI=1S/C16H25N3O/c1-11(2)19-7-6-13(10-19)9-18-14-4-5-15(12(3)20)16(17)8-14/h4-5,8,11,13,18H,6-7,9-10,17H2,1-3H3. The Balaban J connectivity index is 1.89. The van der Waals surface area contributed by atoms with Crippen LogP contribution in [0.15, 0.2) is 18.2 Å². The maximum atomic E-state index is 11.3. The minimum Gasteiger partial charge on any atom is -0.398 e. The van der Waals surface area contributed by atoms with E-state index in [1.165, 1.54) is 19.9 Å². The van der Waals surface area contributed by atoms with Crippen molar-refractivity contribution >= 4 is 17.2 Å². The number of likely N-dealkylation sites (tertiary alicyclic amines) is 1. The summed E-state index contributed by atoms with van der Waals surface area (Å²) in [5.74, 6) is 0.698. The molecule has 0 aliphatic carbocycles. The van der Waals surface area contributed by atoms with Crippen LogP contribution in [-0.4, -0.2) is 36.4 Å². The zero-order chi connectivity index (χ0) is 14.7. The fraction of sp³-hybridized carbons (Fsp3) is 0.562. The van der Waals surface area contributed by atoms with E-state index in [0.29, 0.717) is 23.2 Å². The second-order valence-corrected chi connectivity index (χ2v) is 5.98. The molecule has 110 valence electrons. The number of anilines is 2. The van der Waals surface area contributed by atoms with Gasteiger partial charge in [0.2, 0.25) is 0 Å². The summed E-state index contributed by atoms with van der Waals surface area (Å²) < 4.78 is 0. The molecule has 4 heteroatoms. The van der Waals surface area contributed by atoms with E-state index >= 15 is 0 Å². The number of nitrogens with two attached hydrogens (primary N) is 1. The fourth-order valence-corrected chi connectivity index (χ4v) is 2.75. The highest BCUT2D eigenvalue weighted by molar-refractivity contribution is 5.99. The first-order chi connectivity index (χ1) is 9.47. The van der Waals surface area contributed by atoms with Gasteiger partial charge in [0.1, 0.15) is 0 Å². The van der Waals surface area contributed by atoms with Crippen molar-refractivity contribution in [3.8, 4) is 0 Å². The molecule has 1 aromatic rings. The van der Waals surface area contributed by atoms with E-state index in [4.69, 9.17) is 5.73 Å². The van der Waals surface area contributed by atoms with Gasteiger partial charge in [0.05, 0.1) is 0 Å². The lowest BCUT2D eigenvalue weighted by Crippen LogP contribution is -2.29. The SMILES string of the molecule is CC(=O)c1ccc(NCC2CCN(C(C)C)C2)cc1N. The van der Waals surface area contributed by atoms with Crippen molar-refractivity contribution in [1.82, 2.24) is 4.90 Å². The minimum absolute atomic E-state index is 0.0115. The number of rotatable bonds is 5. The maximum absolute atomic E-state index is 11.3. The third kappa shape index (κ3) is 3.51.